The normalized spacial score (nSPS) is 13.2. The summed E-state index contributed by atoms with van der Waals surface area (Å²) in [5.74, 6) is -0.679. The highest BCUT2D eigenvalue weighted by atomic mass is 19.1. The molecule has 14 heavy (non-hydrogen) atoms. The van der Waals surface area contributed by atoms with Crippen LogP contribution in [-0.2, 0) is 0 Å². The van der Waals surface area contributed by atoms with Gasteiger partial charge < -0.3 is 4.74 Å². The number of nitrogens with zero attached hydrogens (tertiary/aromatic N) is 2. The van der Waals surface area contributed by atoms with E-state index >= 15 is 0 Å². The molecule has 0 fully saturated rings. The molecule has 1 aliphatic heterocycles. The van der Waals surface area contributed by atoms with Crippen molar-refractivity contribution in [2.45, 2.75) is 0 Å². The van der Waals surface area contributed by atoms with Crippen LogP contribution in [0.25, 0.3) is 0 Å². The molecule has 0 spiro atoms. The molecular formula is C8H5FN2O3. The number of nitro groups is 1. The quantitative estimate of drug-likeness (QED) is 0.508. The van der Waals surface area contributed by atoms with Crippen molar-refractivity contribution in [3.05, 3.63) is 28.1 Å². The average Bonchev–Trinajstić information content (AvgIpc) is 2.16. The minimum absolute atomic E-state index is 0.232. The summed E-state index contributed by atoms with van der Waals surface area (Å²) in [6.07, 6.45) is 1.46. The number of benzene rings is 1. The Morgan fingerprint density at radius 2 is 2.36 bits per heavy atom. The van der Waals surface area contributed by atoms with E-state index in [1.54, 1.807) is 0 Å². The third-order valence-corrected chi connectivity index (χ3v) is 1.77. The first kappa shape index (κ1) is 8.61. The number of ether oxygens (including phenoxy) is 1. The fourth-order valence-electron chi connectivity index (χ4n) is 1.15. The fraction of sp³-hybridized carbons (Fsp3) is 0.125. The molecule has 0 saturated carbocycles. The Hall–Kier alpha value is -1.98. The zero-order valence-electron chi connectivity index (χ0n) is 6.94. The lowest BCUT2D eigenvalue weighted by Crippen LogP contribution is -2.04. The van der Waals surface area contributed by atoms with Crippen LogP contribution in [0.15, 0.2) is 17.1 Å². The predicted octanol–water partition coefficient (Wildman–Crippen LogP) is 1.83. The lowest BCUT2D eigenvalue weighted by Gasteiger charge is -2.10. The second kappa shape index (κ2) is 3.06. The first-order valence-corrected chi connectivity index (χ1v) is 3.82. The van der Waals surface area contributed by atoms with E-state index < -0.39 is 16.4 Å². The van der Waals surface area contributed by atoms with E-state index in [1.807, 2.05) is 0 Å². The van der Waals surface area contributed by atoms with Gasteiger partial charge in [-0.25, -0.2) is 0 Å². The number of aliphatic imine (C=N–C) groups is 1. The molecule has 0 radical (unpaired) electrons. The van der Waals surface area contributed by atoms with Gasteiger partial charge in [0.25, 0.3) is 0 Å². The number of halogens is 1. The summed E-state index contributed by atoms with van der Waals surface area (Å²) in [5.41, 5.74) is -0.309. The molecule has 0 saturated heterocycles. The van der Waals surface area contributed by atoms with Crippen molar-refractivity contribution in [2.75, 3.05) is 6.61 Å². The largest absolute Gasteiger partial charge is 0.486 e. The number of rotatable bonds is 1. The summed E-state index contributed by atoms with van der Waals surface area (Å²) >= 11 is 0. The summed E-state index contributed by atoms with van der Waals surface area (Å²) < 4.78 is 18.1. The van der Waals surface area contributed by atoms with Crippen LogP contribution in [0.3, 0.4) is 0 Å². The van der Waals surface area contributed by atoms with Crippen LogP contribution in [0.1, 0.15) is 0 Å². The van der Waals surface area contributed by atoms with E-state index in [9.17, 15) is 14.5 Å². The molecule has 1 aromatic rings. The van der Waals surface area contributed by atoms with Crippen LogP contribution < -0.4 is 4.74 Å². The minimum Gasteiger partial charge on any atom is -0.486 e. The molecule has 6 heteroatoms. The fourth-order valence-corrected chi connectivity index (χ4v) is 1.15. The van der Waals surface area contributed by atoms with Gasteiger partial charge in [0.1, 0.15) is 18.0 Å². The third kappa shape index (κ3) is 1.30. The van der Waals surface area contributed by atoms with Crippen molar-refractivity contribution >= 4 is 17.6 Å². The molecule has 0 N–H and O–H groups in total. The highest BCUT2D eigenvalue weighted by Gasteiger charge is 2.19. The number of hydrogen-bond acceptors (Lipinski definition) is 4. The van der Waals surface area contributed by atoms with Crippen LogP contribution in [0.2, 0.25) is 0 Å². The van der Waals surface area contributed by atoms with Crippen molar-refractivity contribution in [3.8, 4) is 5.75 Å². The third-order valence-electron chi connectivity index (χ3n) is 1.77. The topological polar surface area (TPSA) is 64.7 Å². The van der Waals surface area contributed by atoms with Gasteiger partial charge in [0.2, 0.25) is 5.82 Å². The molecule has 1 aromatic carbocycles. The summed E-state index contributed by atoms with van der Waals surface area (Å²) in [6.45, 7) is 0.254. The van der Waals surface area contributed by atoms with Crippen LogP contribution in [0.5, 0.6) is 5.75 Å². The Morgan fingerprint density at radius 1 is 1.57 bits per heavy atom. The van der Waals surface area contributed by atoms with Gasteiger partial charge in [-0.1, -0.05) is 0 Å². The lowest BCUT2D eigenvalue weighted by atomic mass is 10.2. The highest BCUT2D eigenvalue weighted by Crippen LogP contribution is 2.35. The Bertz CT molecular complexity index is 431. The Morgan fingerprint density at radius 3 is 3.07 bits per heavy atom. The number of hydrogen-bond donors (Lipinski definition) is 0. The smallest absolute Gasteiger partial charge is 0.307 e. The Labute approximate surface area is 78.0 Å². The van der Waals surface area contributed by atoms with Crippen molar-refractivity contribution < 1.29 is 14.1 Å². The second-order valence-corrected chi connectivity index (χ2v) is 2.65. The summed E-state index contributed by atoms with van der Waals surface area (Å²) in [7, 11) is 0. The SMILES string of the molecule is O=[N+]([O-])c1cc2c(cc1F)OCC=N2. The molecule has 1 heterocycles. The lowest BCUT2D eigenvalue weighted by molar-refractivity contribution is -0.387. The van der Waals surface area contributed by atoms with Gasteiger partial charge in [0.05, 0.1) is 4.92 Å². The first-order valence-electron chi connectivity index (χ1n) is 3.82. The van der Waals surface area contributed by atoms with Crippen molar-refractivity contribution in [2.24, 2.45) is 4.99 Å². The molecule has 0 atom stereocenters. The molecule has 5 nitrogen and oxygen atoms in total. The Kier molecular flexibility index (Phi) is 1.88. The molecule has 0 aromatic heterocycles. The average molecular weight is 196 g/mol. The minimum atomic E-state index is -0.911. The molecule has 0 aliphatic carbocycles. The van der Waals surface area contributed by atoms with Gasteiger partial charge in [-0.15, -0.1) is 0 Å². The summed E-state index contributed by atoms with van der Waals surface area (Å²) in [4.78, 5) is 13.4. The maximum atomic E-state index is 13.1. The van der Waals surface area contributed by atoms with Gasteiger partial charge >= 0.3 is 5.69 Å². The summed E-state index contributed by atoms with van der Waals surface area (Å²) in [6, 6.07) is 2.03. The maximum Gasteiger partial charge on any atom is 0.307 e. The van der Waals surface area contributed by atoms with Gasteiger partial charge in [0, 0.05) is 18.3 Å². The molecule has 0 unspecified atom stereocenters. The summed E-state index contributed by atoms with van der Waals surface area (Å²) in [5, 5.41) is 10.4. The van der Waals surface area contributed by atoms with Crippen molar-refractivity contribution in [1.29, 1.82) is 0 Å². The second-order valence-electron chi connectivity index (χ2n) is 2.65. The molecule has 0 bridgehead atoms. The molecule has 0 amide bonds. The van der Waals surface area contributed by atoms with Crippen LogP contribution >= 0.6 is 0 Å². The maximum absolute atomic E-state index is 13.1. The first-order chi connectivity index (χ1) is 6.68. The molecule has 1 aliphatic rings. The van der Waals surface area contributed by atoms with E-state index in [0.29, 0.717) is 0 Å². The zero-order chi connectivity index (χ0) is 10.1. The van der Waals surface area contributed by atoms with Crippen molar-refractivity contribution in [3.63, 3.8) is 0 Å². The van der Waals surface area contributed by atoms with Crippen LogP contribution in [-0.4, -0.2) is 17.7 Å². The molecule has 2 rings (SSSR count). The standard InChI is InChI=1S/C8H5FN2O3/c9-5-3-8-6(10-1-2-14-8)4-7(5)11(12)13/h1,3-4H,2H2. The Balaban J connectivity index is 2.58. The predicted molar refractivity (Wildman–Crippen MR) is 46.7 cm³/mol. The monoisotopic (exact) mass is 196 g/mol. The number of fused-ring (bicyclic) bond motifs is 1. The van der Waals surface area contributed by atoms with Gasteiger partial charge in [-0.05, 0) is 0 Å². The highest BCUT2D eigenvalue weighted by molar-refractivity contribution is 5.72. The van der Waals surface area contributed by atoms with E-state index in [0.717, 1.165) is 12.1 Å². The van der Waals surface area contributed by atoms with Crippen LogP contribution in [0.4, 0.5) is 15.8 Å². The molecule has 72 valence electrons. The van der Waals surface area contributed by atoms with Crippen LogP contribution in [0, 0.1) is 15.9 Å². The van der Waals surface area contributed by atoms with Crippen molar-refractivity contribution in [1.82, 2.24) is 0 Å². The van der Waals surface area contributed by atoms with E-state index in [1.165, 1.54) is 6.21 Å². The zero-order valence-corrected chi connectivity index (χ0v) is 6.94. The van der Waals surface area contributed by atoms with Gasteiger partial charge in [-0.3, -0.25) is 15.1 Å². The van der Waals surface area contributed by atoms with E-state index in [2.05, 4.69) is 4.99 Å². The molecular weight excluding hydrogens is 191 g/mol. The van der Waals surface area contributed by atoms with Gasteiger partial charge in [0.15, 0.2) is 0 Å². The number of nitro benzene ring substituents is 1. The van der Waals surface area contributed by atoms with Gasteiger partial charge in [-0.2, -0.15) is 4.39 Å². The van der Waals surface area contributed by atoms with E-state index in [-0.39, 0.29) is 18.0 Å². The van der Waals surface area contributed by atoms with E-state index in [4.69, 9.17) is 4.74 Å².